The van der Waals surface area contributed by atoms with Gasteiger partial charge in [-0.1, -0.05) is 60.7 Å². The van der Waals surface area contributed by atoms with Crippen molar-refractivity contribution in [1.82, 2.24) is 20.0 Å². The van der Waals surface area contributed by atoms with Gasteiger partial charge in [0.25, 0.3) is 0 Å². The number of hydrogen-bond donors (Lipinski definition) is 1. The van der Waals surface area contributed by atoms with Gasteiger partial charge in [0, 0.05) is 51.3 Å². The second-order valence-electron chi connectivity index (χ2n) is 9.54. The highest BCUT2D eigenvalue weighted by molar-refractivity contribution is 5.91. The Kier molecular flexibility index (Phi) is 9.49. The second kappa shape index (κ2) is 13.2. The summed E-state index contributed by atoms with van der Waals surface area (Å²) in [4.78, 5) is 32.7. The Morgan fingerprint density at radius 3 is 2.31 bits per heavy atom. The van der Waals surface area contributed by atoms with Crippen LogP contribution in [-0.4, -0.2) is 72.5 Å². The molecule has 4 rings (SSSR count). The molecule has 186 valence electrons. The summed E-state index contributed by atoms with van der Waals surface area (Å²) in [5, 5.41) is 3.11. The molecule has 2 fully saturated rings. The number of fused-ring (bicyclic) bond motifs is 2. The molecule has 0 aliphatic carbocycles. The zero-order valence-corrected chi connectivity index (χ0v) is 20.6. The van der Waals surface area contributed by atoms with Crippen LogP contribution in [0.5, 0.6) is 0 Å². The van der Waals surface area contributed by atoms with Gasteiger partial charge in [0.15, 0.2) is 0 Å². The lowest BCUT2D eigenvalue weighted by Gasteiger charge is -2.40. The van der Waals surface area contributed by atoms with Gasteiger partial charge in [-0.05, 0) is 49.4 Å². The van der Waals surface area contributed by atoms with Gasteiger partial charge in [-0.3, -0.25) is 19.4 Å². The molecule has 2 bridgehead atoms. The van der Waals surface area contributed by atoms with E-state index in [-0.39, 0.29) is 17.9 Å². The SMILES string of the molecule is O=C1C[C@@H](c2ccccc2)N2CCCN(CCCCN(C(=O)C=Cc3ccccc3)CCCN1)C2. The Morgan fingerprint density at radius 1 is 0.829 bits per heavy atom. The zero-order valence-electron chi connectivity index (χ0n) is 20.6. The summed E-state index contributed by atoms with van der Waals surface area (Å²) >= 11 is 0. The zero-order chi connectivity index (χ0) is 24.3. The first-order valence-electron chi connectivity index (χ1n) is 13.0. The van der Waals surface area contributed by atoms with Gasteiger partial charge in [-0.2, -0.15) is 0 Å². The normalized spacial score (nSPS) is 24.9. The highest BCUT2D eigenvalue weighted by Crippen LogP contribution is 2.27. The number of nitrogens with zero attached hydrogens (tertiary/aromatic N) is 3. The number of amides is 2. The van der Waals surface area contributed by atoms with E-state index in [1.807, 2.05) is 47.4 Å². The third-order valence-corrected chi connectivity index (χ3v) is 6.91. The minimum atomic E-state index is 0.0396. The van der Waals surface area contributed by atoms with Crippen molar-refractivity contribution in [1.29, 1.82) is 0 Å². The lowest BCUT2D eigenvalue weighted by molar-refractivity contribution is -0.126. The number of nitrogens with one attached hydrogen (secondary N) is 1. The standard InChI is InChI=1S/C29H38N4O2/c34-28-23-27(26-13-5-2-6-14-26)33-22-10-19-31(24-33)18-7-8-20-32(21-9-17-30-28)29(35)16-15-25-11-3-1-4-12-25/h1-6,11-16,27H,7-10,17-24H2,(H,30,34)/t27-/m0/s1. The van der Waals surface area contributed by atoms with Crippen molar-refractivity contribution in [3.63, 3.8) is 0 Å². The fourth-order valence-electron chi connectivity index (χ4n) is 5.02. The molecule has 2 amide bonds. The summed E-state index contributed by atoms with van der Waals surface area (Å²) in [5.41, 5.74) is 2.23. The molecule has 2 aliphatic rings. The largest absolute Gasteiger partial charge is 0.356 e. The molecular formula is C29H38N4O2. The van der Waals surface area contributed by atoms with Crippen LogP contribution in [0.4, 0.5) is 0 Å². The van der Waals surface area contributed by atoms with Crippen LogP contribution in [0.2, 0.25) is 0 Å². The maximum atomic E-state index is 12.9. The van der Waals surface area contributed by atoms with Crippen LogP contribution >= 0.6 is 0 Å². The Bertz CT molecular complexity index is 963. The molecule has 2 aromatic carbocycles. The van der Waals surface area contributed by atoms with E-state index in [4.69, 9.17) is 0 Å². The lowest BCUT2D eigenvalue weighted by atomic mass is 10.0. The first-order valence-corrected chi connectivity index (χ1v) is 13.0. The van der Waals surface area contributed by atoms with Crippen LogP contribution in [-0.2, 0) is 9.59 Å². The van der Waals surface area contributed by atoms with Gasteiger partial charge in [-0.25, -0.2) is 0 Å². The van der Waals surface area contributed by atoms with Crippen molar-refractivity contribution in [2.45, 2.75) is 38.1 Å². The summed E-state index contributed by atoms with van der Waals surface area (Å²) in [6, 6.07) is 20.4. The van der Waals surface area contributed by atoms with Crippen molar-refractivity contribution in [3.8, 4) is 0 Å². The fourth-order valence-corrected chi connectivity index (χ4v) is 5.02. The van der Waals surface area contributed by atoms with Crippen molar-refractivity contribution in [3.05, 3.63) is 77.9 Å². The maximum absolute atomic E-state index is 12.9. The van der Waals surface area contributed by atoms with E-state index < -0.39 is 0 Å². The smallest absolute Gasteiger partial charge is 0.246 e. The molecule has 2 saturated heterocycles. The number of benzene rings is 2. The second-order valence-corrected chi connectivity index (χ2v) is 9.54. The van der Waals surface area contributed by atoms with Gasteiger partial charge in [0.1, 0.15) is 0 Å². The predicted octanol–water partition coefficient (Wildman–Crippen LogP) is 3.93. The molecule has 3 atom stereocenters. The average molecular weight is 475 g/mol. The minimum absolute atomic E-state index is 0.0396. The van der Waals surface area contributed by atoms with E-state index in [1.165, 1.54) is 5.56 Å². The van der Waals surface area contributed by atoms with Crippen LogP contribution in [0, 0.1) is 0 Å². The van der Waals surface area contributed by atoms with Crippen molar-refractivity contribution < 1.29 is 9.59 Å². The number of hydrogen-bond acceptors (Lipinski definition) is 4. The third kappa shape index (κ3) is 7.77. The molecule has 1 N–H and O–H groups in total. The Hall–Kier alpha value is -2.96. The molecule has 2 unspecified atom stereocenters. The van der Waals surface area contributed by atoms with Gasteiger partial charge < -0.3 is 10.2 Å². The topological polar surface area (TPSA) is 55.9 Å². The summed E-state index contributed by atoms with van der Waals surface area (Å²) in [5.74, 6) is 0.116. The van der Waals surface area contributed by atoms with Crippen LogP contribution < -0.4 is 5.32 Å². The summed E-state index contributed by atoms with van der Waals surface area (Å²) < 4.78 is 0. The van der Waals surface area contributed by atoms with Crippen LogP contribution in [0.3, 0.4) is 0 Å². The average Bonchev–Trinajstić information content (AvgIpc) is 2.90. The van der Waals surface area contributed by atoms with E-state index in [0.29, 0.717) is 19.5 Å². The third-order valence-electron chi connectivity index (χ3n) is 6.91. The van der Waals surface area contributed by atoms with Gasteiger partial charge in [-0.15, -0.1) is 0 Å². The molecule has 35 heavy (non-hydrogen) atoms. The monoisotopic (exact) mass is 474 g/mol. The van der Waals surface area contributed by atoms with Crippen molar-refractivity contribution >= 4 is 17.9 Å². The predicted molar refractivity (Wildman–Crippen MR) is 140 cm³/mol. The molecule has 2 aliphatic heterocycles. The molecule has 6 heteroatoms. The Labute approximate surface area is 209 Å². The molecule has 0 radical (unpaired) electrons. The summed E-state index contributed by atoms with van der Waals surface area (Å²) in [6.45, 7) is 5.98. The molecule has 6 nitrogen and oxygen atoms in total. The number of carbonyl (C=O) groups excluding carboxylic acids is 2. The quantitative estimate of drug-likeness (QED) is 0.685. The summed E-state index contributed by atoms with van der Waals surface area (Å²) in [6.07, 6.45) is 7.92. The van der Waals surface area contributed by atoms with Crippen LogP contribution in [0.25, 0.3) is 6.08 Å². The molecule has 0 spiro atoms. The molecular weight excluding hydrogens is 436 g/mol. The Balaban J connectivity index is 1.42. The minimum Gasteiger partial charge on any atom is -0.356 e. The van der Waals surface area contributed by atoms with Crippen LogP contribution in [0.15, 0.2) is 66.7 Å². The summed E-state index contributed by atoms with van der Waals surface area (Å²) in [7, 11) is 0. The molecule has 0 aromatic heterocycles. The van der Waals surface area contributed by atoms with Gasteiger partial charge >= 0.3 is 0 Å². The van der Waals surface area contributed by atoms with Crippen LogP contribution in [0.1, 0.15) is 49.3 Å². The van der Waals surface area contributed by atoms with E-state index in [2.05, 4.69) is 39.4 Å². The van der Waals surface area contributed by atoms with Crippen molar-refractivity contribution in [2.24, 2.45) is 0 Å². The first kappa shape index (κ1) is 25.1. The highest BCUT2D eigenvalue weighted by atomic mass is 16.2. The number of carbonyl (C=O) groups is 2. The van der Waals surface area contributed by atoms with Crippen molar-refractivity contribution in [2.75, 3.05) is 45.9 Å². The number of rotatable bonds is 3. The first-order chi connectivity index (χ1) is 17.2. The molecule has 0 saturated carbocycles. The van der Waals surface area contributed by atoms with Gasteiger partial charge in [0.05, 0.1) is 6.67 Å². The fraction of sp³-hybridized carbons (Fsp3) is 0.448. The van der Waals surface area contributed by atoms with E-state index in [1.54, 1.807) is 6.08 Å². The van der Waals surface area contributed by atoms with E-state index in [9.17, 15) is 9.59 Å². The highest BCUT2D eigenvalue weighted by Gasteiger charge is 2.27. The Morgan fingerprint density at radius 2 is 1.51 bits per heavy atom. The van der Waals surface area contributed by atoms with E-state index in [0.717, 1.165) is 64.1 Å². The van der Waals surface area contributed by atoms with E-state index >= 15 is 0 Å². The lowest BCUT2D eigenvalue weighted by Crippen LogP contribution is -2.47. The molecule has 2 heterocycles. The molecule has 2 aromatic rings. The van der Waals surface area contributed by atoms with Gasteiger partial charge in [0.2, 0.25) is 11.8 Å². The maximum Gasteiger partial charge on any atom is 0.246 e.